The van der Waals surface area contributed by atoms with Gasteiger partial charge in [-0.2, -0.15) is 13.2 Å². The van der Waals surface area contributed by atoms with Crippen molar-refractivity contribution in [2.75, 3.05) is 77.7 Å². The summed E-state index contributed by atoms with van der Waals surface area (Å²) in [5, 5.41) is 3.47. The summed E-state index contributed by atoms with van der Waals surface area (Å²) in [7, 11) is -19.4. The van der Waals surface area contributed by atoms with Gasteiger partial charge in [-0.1, -0.05) is 48.9 Å². The van der Waals surface area contributed by atoms with Crippen LogP contribution in [0.15, 0.2) is 135 Å². The molecule has 2 aliphatic rings. The molecule has 1 aromatic heterocycles. The number of thioether (sulfide) groups is 1. The molecule has 8 rings (SSSR count). The predicted molar refractivity (Wildman–Crippen MR) is 320 cm³/mol. The summed E-state index contributed by atoms with van der Waals surface area (Å²) in [6.45, 7) is 9.96. The van der Waals surface area contributed by atoms with Crippen LogP contribution in [0.3, 0.4) is 0 Å². The van der Waals surface area contributed by atoms with Gasteiger partial charge >= 0.3 is 19.1 Å². The fraction of sp³-hybridized carbons (Fsp3) is 0.386. The van der Waals surface area contributed by atoms with E-state index in [0.717, 1.165) is 23.3 Å². The Bertz CT molecular complexity index is 3730. The summed E-state index contributed by atoms with van der Waals surface area (Å²) in [6.07, 6.45) is 1.97. The number of nitrogens with zero attached hydrogens (tertiary/aromatic N) is 4. The van der Waals surface area contributed by atoms with E-state index in [4.69, 9.17) is 16.3 Å². The molecular formula is C57H66ClF4N6O11PS4. The molecule has 454 valence electrons. The van der Waals surface area contributed by atoms with Gasteiger partial charge in [-0.3, -0.25) is 14.1 Å². The van der Waals surface area contributed by atoms with E-state index in [1.807, 2.05) is 63.4 Å². The number of sulfone groups is 2. The minimum Gasteiger partial charge on any atom is -0.449 e. The number of anilines is 4. The summed E-state index contributed by atoms with van der Waals surface area (Å²) in [6, 6.07) is 28.5. The molecule has 0 aliphatic carbocycles. The molecule has 0 spiro atoms. The number of rotatable bonds is 22. The second kappa shape index (κ2) is 26.1. The number of carbonyl (C=O) groups is 1. The number of piperidine rings is 1. The Kier molecular flexibility index (Phi) is 20.0. The summed E-state index contributed by atoms with van der Waals surface area (Å²) >= 11 is 7.62. The zero-order chi connectivity index (χ0) is 61.1. The predicted octanol–water partition coefficient (Wildman–Crippen LogP) is 11.5. The van der Waals surface area contributed by atoms with Crippen molar-refractivity contribution in [3.63, 3.8) is 0 Å². The Morgan fingerprint density at radius 2 is 1.44 bits per heavy atom. The molecule has 2 fully saturated rings. The molecule has 2 unspecified atom stereocenters. The quantitative estimate of drug-likeness (QED) is 0.0215. The third-order valence-corrected chi connectivity index (χ3v) is 21.6. The van der Waals surface area contributed by atoms with Crippen molar-refractivity contribution in [1.82, 2.24) is 9.47 Å². The van der Waals surface area contributed by atoms with Crippen LogP contribution in [-0.2, 0) is 43.8 Å². The van der Waals surface area contributed by atoms with Crippen LogP contribution in [0.25, 0.3) is 22.4 Å². The van der Waals surface area contributed by atoms with Gasteiger partial charge in [0.05, 0.1) is 27.1 Å². The summed E-state index contributed by atoms with van der Waals surface area (Å²) < 4.78 is 162. The minimum atomic E-state index is -6.15. The number of esters is 1. The number of carbonyl (C=O) groups excluding carboxylic acids is 1. The fourth-order valence-electron chi connectivity index (χ4n) is 10.6. The number of ether oxygens (including phenoxy) is 1. The first kappa shape index (κ1) is 64.4. The highest BCUT2D eigenvalue weighted by Crippen LogP contribution is 2.46. The number of aromatic nitrogens is 1. The Morgan fingerprint density at radius 3 is 2.01 bits per heavy atom. The number of likely N-dealkylation sites (tertiary alicyclic amines) is 1. The van der Waals surface area contributed by atoms with Crippen LogP contribution in [0, 0.1) is 18.7 Å². The van der Waals surface area contributed by atoms with Gasteiger partial charge in [0.25, 0.3) is 19.9 Å². The van der Waals surface area contributed by atoms with Crippen LogP contribution in [0.2, 0.25) is 5.02 Å². The van der Waals surface area contributed by atoms with Gasteiger partial charge in [0.1, 0.15) is 10.7 Å². The molecule has 3 heterocycles. The molecular weight excluding hydrogens is 1220 g/mol. The molecule has 0 radical (unpaired) electrons. The van der Waals surface area contributed by atoms with Crippen molar-refractivity contribution in [3.05, 3.63) is 132 Å². The normalized spacial score (nSPS) is 16.0. The number of halogens is 5. The molecule has 27 heteroatoms. The second-order valence-electron chi connectivity index (χ2n) is 21.1. The lowest BCUT2D eigenvalue weighted by molar-refractivity contribution is -0.153. The smallest absolute Gasteiger partial charge is 0.449 e. The highest BCUT2D eigenvalue weighted by atomic mass is 35.5. The van der Waals surface area contributed by atoms with Crippen LogP contribution in [0.5, 0.6) is 0 Å². The lowest BCUT2D eigenvalue weighted by Crippen LogP contribution is -2.46. The molecule has 0 saturated carbocycles. The zero-order valence-corrected chi connectivity index (χ0v) is 51.5. The van der Waals surface area contributed by atoms with Gasteiger partial charge < -0.3 is 39.1 Å². The van der Waals surface area contributed by atoms with E-state index in [0.29, 0.717) is 109 Å². The van der Waals surface area contributed by atoms with Gasteiger partial charge in [0, 0.05) is 95.1 Å². The van der Waals surface area contributed by atoms with Crippen LogP contribution in [-0.4, -0.2) is 126 Å². The Labute approximate surface area is 496 Å². The molecule has 2 aliphatic heterocycles. The van der Waals surface area contributed by atoms with Crippen molar-refractivity contribution < 1.29 is 66.7 Å². The van der Waals surface area contributed by atoms with Crippen LogP contribution in [0.4, 0.5) is 40.3 Å². The molecule has 17 nitrogen and oxygen atoms in total. The van der Waals surface area contributed by atoms with Gasteiger partial charge in [-0.15, -0.1) is 11.8 Å². The first-order valence-corrected chi connectivity index (χ1v) is 34.9. The SMILES string of the molecule is CCC(OC(=O)C1CCN(CCC(CSc2ccccc2)Nc2ccc(S(=O)(=O)Nc3ccc(N4CCN(c5cc(F)cc(-c6c(S(C)(=O)=O)c(C)n(C(C)C)c6-c6ccc(Cl)cc6)c5)CC4)cc3)cc2S(=O)(=O)C(F)(F)F)CC1)P(=O)(O)O. The van der Waals surface area contributed by atoms with E-state index in [2.05, 4.69) is 10.0 Å². The molecule has 4 N–H and O–H groups in total. The van der Waals surface area contributed by atoms with Crippen molar-refractivity contribution in [3.8, 4) is 22.4 Å². The third kappa shape index (κ3) is 15.1. The molecule has 0 bridgehead atoms. The Hall–Kier alpha value is -5.63. The van der Waals surface area contributed by atoms with E-state index in [9.17, 15) is 57.6 Å². The van der Waals surface area contributed by atoms with Gasteiger partial charge in [-0.05, 0) is 156 Å². The maximum Gasteiger partial charge on any atom is 0.501 e. The summed E-state index contributed by atoms with van der Waals surface area (Å²) in [5.41, 5.74) is -2.45. The first-order valence-electron chi connectivity index (χ1n) is 27.0. The standard InChI is InChI=1S/C57H66ClF4N6O11PS4/c1-6-52(80(70,71)72)79-56(69)40-22-25-65(26-23-40)27-24-45(36-81-48-10-8-7-9-11-48)63-50-21-20-49(35-51(50)83(75,76)57(60,61)62)84(77,78)64-44-16-18-46(19-17-44)66-28-30-67(31-29-66)47-33-41(32-43(59)34-47)53-54(39-12-14-42(58)15-13-39)68(37(2)3)38(4)55(53)82(5,73)74/h7-21,32-35,37,40,45,52,63-64H,6,22-31,36H2,1-5H3,(H2,70,71,72). The highest BCUT2D eigenvalue weighted by molar-refractivity contribution is 7.99. The molecule has 2 atom stereocenters. The van der Waals surface area contributed by atoms with Gasteiger partial charge in [-0.25, -0.2) is 29.6 Å². The van der Waals surface area contributed by atoms with Crippen molar-refractivity contribution in [2.45, 2.75) is 96.4 Å². The number of benzene rings is 5. The van der Waals surface area contributed by atoms with E-state index in [1.165, 1.54) is 43.0 Å². The van der Waals surface area contributed by atoms with Crippen LogP contribution < -0.4 is 19.8 Å². The average Bonchev–Trinajstić information content (AvgIpc) is 1.68. The second-order valence-corrected chi connectivity index (χ2v) is 29.9. The number of nitrogens with one attached hydrogen (secondary N) is 2. The van der Waals surface area contributed by atoms with Crippen molar-refractivity contribution in [2.24, 2.45) is 5.92 Å². The average molecular weight is 1280 g/mol. The number of hydrogen-bond donors (Lipinski definition) is 4. The molecule has 5 aromatic carbocycles. The fourth-order valence-corrected chi connectivity index (χ4v) is 15.8. The molecule has 6 aromatic rings. The van der Waals surface area contributed by atoms with Crippen LogP contribution in [0.1, 0.15) is 58.2 Å². The molecule has 2 saturated heterocycles. The topological polar surface area (TPSA) is 225 Å². The molecule has 84 heavy (non-hydrogen) atoms. The lowest BCUT2D eigenvalue weighted by atomic mass is 9.96. The zero-order valence-electron chi connectivity index (χ0n) is 46.6. The highest BCUT2D eigenvalue weighted by Gasteiger charge is 2.49. The van der Waals surface area contributed by atoms with Crippen molar-refractivity contribution >= 4 is 89.4 Å². The monoisotopic (exact) mass is 1280 g/mol. The maximum atomic E-state index is 15.8. The maximum absolute atomic E-state index is 15.8. The van der Waals surface area contributed by atoms with E-state index >= 15 is 4.39 Å². The number of hydrogen-bond acceptors (Lipinski definition) is 14. The summed E-state index contributed by atoms with van der Waals surface area (Å²) in [5.74, 6) is -3.19. The van der Waals surface area contributed by atoms with E-state index < -0.39 is 87.9 Å². The third-order valence-electron chi connectivity index (χ3n) is 14.8. The van der Waals surface area contributed by atoms with E-state index in [1.54, 1.807) is 49.4 Å². The van der Waals surface area contributed by atoms with Crippen molar-refractivity contribution in [1.29, 1.82) is 0 Å². The molecule has 0 amide bonds. The first-order chi connectivity index (χ1) is 39.4. The minimum absolute atomic E-state index is 0.0327. The van der Waals surface area contributed by atoms with Gasteiger partial charge in [0.15, 0.2) is 9.84 Å². The Balaban J connectivity index is 0.963. The Morgan fingerprint density at radius 1 is 0.821 bits per heavy atom. The number of piperazine rings is 1. The van der Waals surface area contributed by atoms with Crippen LogP contribution >= 0.6 is 31.0 Å². The largest absolute Gasteiger partial charge is 0.501 e. The summed E-state index contributed by atoms with van der Waals surface area (Å²) in [4.78, 5) is 36.8. The number of sulfonamides is 1. The van der Waals surface area contributed by atoms with Gasteiger partial charge in [0.2, 0.25) is 5.85 Å². The lowest BCUT2D eigenvalue weighted by Gasteiger charge is -2.37. The number of alkyl halides is 3. The van der Waals surface area contributed by atoms with E-state index in [-0.39, 0.29) is 35.2 Å².